The Kier molecular flexibility index (Phi) is 5.86. The zero-order valence-corrected chi connectivity index (χ0v) is 18.5. The van der Waals surface area contributed by atoms with E-state index in [0.717, 1.165) is 16.7 Å². The highest BCUT2D eigenvalue weighted by molar-refractivity contribution is 5.95. The van der Waals surface area contributed by atoms with Crippen molar-refractivity contribution in [3.63, 3.8) is 0 Å². The number of nitrogens with zero attached hydrogens (tertiary/aromatic N) is 4. The number of hydrogen-bond acceptors (Lipinski definition) is 5. The number of pyridine rings is 1. The summed E-state index contributed by atoms with van der Waals surface area (Å²) in [5.41, 5.74) is 0.121. The molecule has 1 aromatic carbocycles. The SMILES string of the molecule is Cc1cc(CNC(=O)c2cc(-c3ccnn3C)c(C)n(-c3cccc(C(F)(F)F)c3)c2=O)on1. The van der Waals surface area contributed by atoms with Gasteiger partial charge in [-0.2, -0.15) is 18.3 Å². The summed E-state index contributed by atoms with van der Waals surface area (Å²) in [6, 6.07) is 9.13. The molecule has 0 radical (unpaired) electrons. The highest BCUT2D eigenvalue weighted by Crippen LogP contribution is 2.31. The minimum atomic E-state index is -4.59. The zero-order valence-electron chi connectivity index (χ0n) is 18.5. The Morgan fingerprint density at radius 2 is 1.91 bits per heavy atom. The molecule has 3 aromatic heterocycles. The first kappa shape index (κ1) is 23.0. The van der Waals surface area contributed by atoms with Crippen LogP contribution in [0.3, 0.4) is 0 Å². The summed E-state index contributed by atoms with van der Waals surface area (Å²) >= 11 is 0. The number of carbonyl (C=O) groups excluding carboxylic acids is 1. The molecule has 1 amide bonds. The third-order valence-electron chi connectivity index (χ3n) is 5.32. The fraction of sp³-hybridized carbons (Fsp3) is 0.217. The van der Waals surface area contributed by atoms with Gasteiger partial charge in [-0.3, -0.25) is 18.8 Å². The monoisotopic (exact) mass is 471 g/mol. The molecule has 0 fully saturated rings. The van der Waals surface area contributed by atoms with Gasteiger partial charge in [0.05, 0.1) is 23.5 Å². The van der Waals surface area contributed by atoms with Gasteiger partial charge in [-0.1, -0.05) is 11.2 Å². The molecule has 0 aliphatic heterocycles. The van der Waals surface area contributed by atoms with Crippen LogP contribution >= 0.6 is 0 Å². The molecule has 0 aliphatic rings. The highest BCUT2D eigenvalue weighted by atomic mass is 19.4. The normalized spacial score (nSPS) is 11.6. The molecule has 1 N–H and O–H groups in total. The van der Waals surface area contributed by atoms with E-state index in [4.69, 9.17) is 4.52 Å². The second-order valence-corrected chi connectivity index (χ2v) is 7.70. The molecule has 0 aliphatic carbocycles. The predicted molar refractivity (Wildman–Crippen MR) is 116 cm³/mol. The van der Waals surface area contributed by atoms with Gasteiger partial charge in [-0.05, 0) is 44.2 Å². The van der Waals surface area contributed by atoms with Crippen molar-refractivity contribution in [2.24, 2.45) is 7.05 Å². The lowest BCUT2D eigenvalue weighted by molar-refractivity contribution is -0.137. The summed E-state index contributed by atoms with van der Waals surface area (Å²) in [7, 11) is 1.68. The average Bonchev–Trinajstić information content (AvgIpc) is 3.40. The number of amides is 1. The first-order valence-electron chi connectivity index (χ1n) is 10.2. The Balaban J connectivity index is 1.86. The molecule has 34 heavy (non-hydrogen) atoms. The Hall–Kier alpha value is -4.15. The Morgan fingerprint density at radius 1 is 1.15 bits per heavy atom. The minimum absolute atomic E-state index is 0.0127. The molecule has 0 unspecified atom stereocenters. The van der Waals surface area contributed by atoms with Gasteiger partial charge in [0.2, 0.25) is 0 Å². The van der Waals surface area contributed by atoms with E-state index in [9.17, 15) is 22.8 Å². The van der Waals surface area contributed by atoms with Gasteiger partial charge in [0.15, 0.2) is 5.76 Å². The van der Waals surface area contributed by atoms with Crippen LogP contribution < -0.4 is 10.9 Å². The minimum Gasteiger partial charge on any atom is -0.359 e. The number of hydrogen-bond donors (Lipinski definition) is 1. The molecule has 3 heterocycles. The largest absolute Gasteiger partial charge is 0.416 e. The molecule has 0 bridgehead atoms. The van der Waals surface area contributed by atoms with Gasteiger partial charge < -0.3 is 9.84 Å². The van der Waals surface area contributed by atoms with Crippen molar-refractivity contribution in [2.45, 2.75) is 26.6 Å². The van der Waals surface area contributed by atoms with Gasteiger partial charge in [0.25, 0.3) is 11.5 Å². The number of benzene rings is 1. The molecule has 11 heteroatoms. The summed E-state index contributed by atoms with van der Waals surface area (Å²) in [5, 5.41) is 10.5. The van der Waals surface area contributed by atoms with E-state index in [0.29, 0.717) is 28.4 Å². The second-order valence-electron chi connectivity index (χ2n) is 7.70. The molecule has 0 saturated heterocycles. The van der Waals surface area contributed by atoms with Gasteiger partial charge >= 0.3 is 6.18 Å². The van der Waals surface area contributed by atoms with E-state index in [1.165, 1.54) is 18.2 Å². The van der Waals surface area contributed by atoms with Crippen molar-refractivity contribution in [3.8, 4) is 16.9 Å². The average molecular weight is 471 g/mol. The molecule has 4 aromatic rings. The van der Waals surface area contributed by atoms with Crippen LogP contribution in [0, 0.1) is 13.8 Å². The summed E-state index contributed by atoms with van der Waals surface area (Å²) in [6.45, 7) is 3.31. The molecule has 176 valence electrons. The number of aryl methyl sites for hydroxylation is 2. The van der Waals surface area contributed by atoms with Crippen LogP contribution in [-0.4, -0.2) is 25.4 Å². The van der Waals surface area contributed by atoms with Crippen molar-refractivity contribution in [1.29, 1.82) is 0 Å². The van der Waals surface area contributed by atoms with Crippen LogP contribution in [-0.2, 0) is 19.8 Å². The maximum atomic E-state index is 13.4. The lowest BCUT2D eigenvalue weighted by Gasteiger charge is -2.18. The molecule has 0 atom stereocenters. The van der Waals surface area contributed by atoms with E-state index in [-0.39, 0.29) is 17.8 Å². The zero-order chi connectivity index (χ0) is 24.6. The van der Waals surface area contributed by atoms with E-state index < -0.39 is 23.2 Å². The van der Waals surface area contributed by atoms with Gasteiger partial charge in [-0.25, -0.2) is 0 Å². The van der Waals surface area contributed by atoms with Gasteiger partial charge in [0, 0.05) is 36.3 Å². The van der Waals surface area contributed by atoms with Crippen molar-refractivity contribution >= 4 is 5.91 Å². The van der Waals surface area contributed by atoms with E-state index in [1.54, 1.807) is 43.9 Å². The number of rotatable bonds is 5. The molecular weight excluding hydrogens is 451 g/mol. The number of alkyl halides is 3. The third-order valence-corrected chi connectivity index (χ3v) is 5.32. The van der Waals surface area contributed by atoms with Gasteiger partial charge in [0.1, 0.15) is 5.56 Å². The maximum absolute atomic E-state index is 13.4. The lowest BCUT2D eigenvalue weighted by atomic mass is 10.1. The van der Waals surface area contributed by atoms with Crippen molar-refractivity contribution < 1.29 is 22.5 Å². The molecule has 0 spiro atoms. The third kappa shape index (κ3) is 4.36. The first-order chi connectivity index (χ1) is 16.1. The van der Waals surface area contributed by atoms with Crippen LogP contribution in [0.15, 0.2) is 58.0 Å². The smallest absolute Gasteiger partial charge is 0.359 e. The summed E-state index contributed by atoms with van der Waals surface area (Å²) in [5.74, 6) is -0.314. The maximum Gasteiger partial charge on any atom is 0.416 e. The van der Waals surface area contributed by atoms with Crippen LogP contribution in [0.1, 0.15) is 33.1 Å². The molecular formula is C23H20F3N5O3. The van der Waals surface area contributed by atoms with Gasteiger partial charge in [-0.15, -0.1) is 0 Å². The fourth-order valence-electron chi connectivity index (χ4n) is 3.66. The van der Waals surface area contributed by atoms with Crippen LogP contribution in [0.5, 0.6) is 0 Å². The first-order valence-corrected chi connectivity index (χ1v) is 10.2. The van der Waals surface area contributed by atoms with Crippen LogP contribution in [0.4, 0.5) is 13.2 Å². The summed E-state index contributed by atoms with van der Waals surface area (Å²) in [4.78, 5) is 26.4. The van der Waals surface area contributed by atoms with Crippen molar-refractivity contribution in [3.05, 3.63) is 87.3 Å². The Bertz CT molecular complexity index is 1430. The van der Waals surface area contributed by atoms with Crippen LogP contribution in [0.25, 0.3) is 16.9 Å². The summed E-state index contributed by atoms with van der Waals surface area (Å²) < 4.78 is 47.7. The predicted octanol–water partition coefficient (Wildman–Crippen LogP) is 3.79. The van der Waals surface area contributed by atoms with E-state index >= 15 is 0 Å². The Labute approximate surface area is 191 Å². The van der Waals surface area contributed by atoms with E-state index in [2.05, 4.69) is 15.6 Å². The second kappa shape index (κ2) is 8.65. The summed E-state index contributed by atoms with van der Waals surface area (Å²) in [6.07, 6.45) is -3.05. The molecule has 4 rings (SSSR count). The fourth-order valence-corrected chi connectivity index (χ4v) is 3.66. The number of carbonyl (C=O) groups is 1. The number of halogens is 3. The number of nitrogens with one attached hydrogen (secondary N) is 1. The van der Waals surface area contributed by atoms with Crippen molar-refractivity contribution in [1.82, 2.24) is 24.8 Å². The number of aromatic nitrogens is 4. The lowest BCUT2D eigenvalue weighted by Crippen LogP contribution is -2.33. The van der Waals surface area contributed by atoms with E-state index in [1.807, 2.05) is 0 Å². The van der Waals surface area contributed by atoms with Crippen molar-refractivity contribution in [2.75, 3.05) is 0 Å². The Morgan fingerprint density at radius 3 is 2.53 bits per heavy atom. The topological polar surface area (TPSA) is 95.0 Å². The standard InChI is InChI=1S/C23H20F3N5O3/c1-13-9-17(34-29-13)12-27-21(32)19-11-18(20-7-8-28-30(20)3)14(2)31(22(19)33)16-6-4-5-15(10-16)23(24,25)26/h4-11H,12H2,1-3H3,(H,27,32). The molecule has 8 nitrogen and oxygen atoms in total. The van der Waals surface area contributed by atoms with Crippen LogP contribution in [0.2, 0.25) is 0 Å². The molecule has 0 saturated carbocycles. The highest BCUT2D eigenvalue weighted by Gasteiger charge is 2.31. The quantitative estimate of drug-likeness (QED) is 0.478.